The fourth-order valence-corrected chi connectivity index (χ4v) is 10.9. The summed E-state index contributed by atoms with van der Waals surface area (Å²) in [6.45, 7) is 9.32. The Labute approximate surface area is 498 Å². The largest absolute Gasteiger partial charge is 0.472 e. The van der Waals surface area contributed by atoms with E-state index in [-0.39, 0.29) is 25.7 Å². The van der Waals surface area contributed by atoms with Gasteiger partial charge in [-0.1, -0.05) is 260 Å². The first-order valence-corrected chi connectivity index (χ1v) is 36.0. The van der Waals surface area contributed by atoms with Gasteiger partial charge in [-0.2, -0.15) is 0 Å². The van der Waals surface area contributed by atoms with Crippen molar-refractivity contribution in [3.05, 3.63) is 0 Å². The van der Waals surface area contributed by atoms with Gasteiger partial charge in [-0.25, -0.2) is 9.13 Å². The maximum atomic E-state index is 13.0. The molecule has 82 heavy (non-hydrogen) atoms. The van der Waals surface area contributed by atoms with Gasteiger partial charge in [0.1, 0.15) is 19.3 Å². The number of carbonyl (C=O) groups is 4. The molecule has 0 rings (SSSR count). The average Bonchev–Trinajstić information content (AvgIpc) is 3.43. The number of aliphatic hydroxyl groups is 1. The highest BCUT2D eigenvalue weighted by molar-refractivity contribution is 7.47. The molecule has 0 fully saturated rings. The van der Waals surface area contributed by atoms with E-state index in [0.29, 0.717) is 31.6 Å². The lowest BCUT2D eigenvalue weighted by molar-refractivity contribution is -0.161. The van der Waals surface area contributed by atoms with Gasteiger partial charge in [0.25, 0.3) is 0 Å². The van der Waals surface area contributed by atoms with Crippen molar-refractivity contribution in [2.75, 3.05) is 39.6 Å². The Bertz CT molecular complexity index is 1620. The molecule has 2 unspecified atom stereocenters. The number of phosphoric acid groups is 2. The summed E-state index contributed by atoms with van der Waals surface area (Å²) in [5.74, 6) is -0.692. The van der Waals surface area contributed by atoms with Crippen molar-refractivity contribution >= 4 is 39.5 Å². The molecule has 0 aromatic rings. The first-order valence-electron chi connectivity index (χ1n) is 33.0. The van der Waals surface area contributed by atoms with Crippen LogP contribution in [0.25, 0.3) is 0 Å². The molecule has 0 saturated heterocycles. The van der Waals surface area contributed by atoms with E-state index in [2.05, 4.69) is 41.5 Å². The van der Waals surface area contributed by atoms with Crippen LogP contribution in [0.1, 0.15) is 311 Å². The summed E-state index contributed by atoms with van der Waals surface area (Å²) in [7, 11) is -9.88. The summed E-state index contributed by atoms with van der Waals surface area (Å²) in [5.41, 5.74) is 0. The van der Waals surface area contributed by atoms with Gasteiger partial charge in [0.15, 0.2) is 12.2 Å². The van der Waals surface area contributed by atoms with E-state index in [1.807, 2.05) is 0 Å². The fraction of sp³-hybridized carbons (Fsp3) is 0.937. The number of phosphoric ester groups is 2. The maximum Gasteiger partial charge on any atom is 0.472 e. The number of aliphatic hydroxyl groups excluding tert-OH is 1. The van der Waals surface area contributed by atoms with Crippen molar-refractivity contribution in [1.82, 2.24) is 0 Å². The van der Waals surface area contributed by atoms with Crippen molar-refractivity contribution in [3.8, 4) is 0 Å². The second-order valence-electron chi connectivity index (χ2n) is 23.7. The van der Waals surface area contributed by atoms with E-state index in [9.17, 15) is 43.2 Å². The highest BCUT2D eigenvalue weighted by Gasteiger charge is 2.30. The molecule has 0 aromatic heterocycles. The SMILES string of the molecule is CCCCCCCCCCCCCCC(=O)OC[C@H](COP(=O)(O)OC[C@@H](O)COP(=O)(O)OC[C@@H](COC(=O)CCCCCCC)OC(=O)CCCCCCCCC(C)C)OC(=O)CCCCCCCCCCCCCCCC(C)C. The lowest BCUT2D eigenvalue weighted by atomic mass is 10.0. The lowest BCUT2D eigenvalue weighted by Crippen LogP contribution is -2.30. The average molecular weight is 1210 g/mol. The zero-order valence-corrected chi connectivity index (χ0v) is 54.6. The maximum absolute atomic E-state index is 13.0. The molecule has 486 valence electrons. The predicted molar refractivity (Wildman–Crippen MR) is 326 cm³/mol. The molecule has 0 bridgehead atoms. The number of unbranched alkanes of at least 4 members (excludes halogenated alkanes) is 32. The molecule has 3 N–H and O–H groups in total. The van der Waals surface area contributed by atoms with Crippen LogP contribution in [0.4, 0.5) is 0 Å². The third-order valence-corrected chi connectivity index (χ3v) is 16.4. The number of hydrogen-bond donors (Lipinski definition) is 3. The van der Waals surface area contributed by atoms with E-state index in [1.54, 1.807) is 0 Å². The minimum atomic E-state index is -4.94. The van der Waals surface area contributed by atoms with Crippen molar-refractivity contribution in [1.29, 1.82) is 0 Å². The quantitative estimate of drug-likeness (QED) is 0.0222. The van der Waals surface area contributed by atoms with Crippen molar-refractivity contribution < 1.29 is 80.2 Å². The number of hydrogen-bond acceptors (Lipinski definition) is 15. The highest BCUT2D eigenvalue weighted by atomic mass is 31.2. The van der Waals surface area contributed by atoms with Crippen LogP contribution in [0.5, 0.6) is 0 Å². The molecule has 5 atom stereocenters. The summed E-state index contributed by atoms with van der Waals surface area (Å²) in [5, 5.41) is 10.5. The minimum Gasteiger partial charge on any atom is -0.462 e. The number of rotatable bonds is 62. The van der Waals surface area contributed by atoms with Crippen LogP contribution in [-0.4, -0.2) is 96.7 Å². The number of carbonyl (C=O) groups excluding carboxylic acids is 4. The Morgan fingerprint density at radius 2 is 0.561 bits per heavy atom. The molecule has 0 aliphatic carbocycles. The van der Waals surface area contributed by atoms with E-state index in [4.69, 9.17) is 37.0 Å². The smallest absolute Gasteiger partial charge is 0.462 e. The summed E-state index contributed by atoms with van der Waals surface area (Å²) in [6, 6.07) is 0. The van der Waals surface area contributed by atoms with Gasteiger partial charge in [0.05, 0.1) is 26.4 Å². The van der Waals surface area contributed by atoms with Gasteiger partial charge in [0, 0.05) is 25.7 Å². The molecule has 0 spiro atoms. The van der Waals surface area contributed by atoms with Gasteiger partial charge in [-0.05, 0) is 37.5 Å². The van der Waals surface area contributed by atoms with Gasteiger partial charge < -0.3 is 33.8 Å². The van der Waals surface area contributed by atoms with Crippen molar-refractivity contribution in [3.63, 3.8) is 0 Å². The number of ether oxygens (including phenoxy) is 4. The Morgan fingerprint density at radius 3 is 0.829 bits per heavy atom. The standard InChI is InChI=1S/C63H122O17P2/c1-7-9-11-13-14-15-16-21-24-27-34-40-46-61(66)74-52-59(79-62(67)47-41-35-28-25-22-19-17-18-20-23-26-32-37-43-55(3)4)54-78-82(71,72)76-50-57(64)49-75-81(69,70)77-53-58(51-73-60(65)45-39-31-12-10-8-2)80-63(68)48-42-36-30-29-33-38-44-56(5)6/h55-59,64H,7-54H2,1-6H3,(H,69,70)(H,71,72)/t57-,58+,59+/m0/s1. The Morgan fingerprint density at radius 1 is 0.329 bits per heavy atom. The van der Waals surface area contributed by atoms with E-state index < -0.39 is 97.5 Å². The number of esters is 4. The van der Waals surface area contributed by atoms with Crippen LogP contribution in [0, 0.1) is 11.8 Å². The molecule has 0 amide bonds. The molecule has 0 radical (unpaired) electrons. The first-order chi connectivity index (χ1) is 39.4. The van der Waals surface area contributed by atoms with Crippen molar-refractivity contribution in [2.24, 2.45) is 11.8 Å². The van der Waals surface area contributed by atoms with Crippen LogP contribution >= 0.6 is 15.6 Å². The lowest BCUT2D eigenvalue weighted by Gasteiger charge is -2.21. The second-order valence-corrected chi connectivity index (χ2v) is 26.7. The molecular formula is C63H122O17P2. The van der Waals surface area contributed by atoms with Gasteiger partial charge >= 0.3 is 39.5 Å². The van der Waals surface area contributed by atoms with Gasteiger partial charge in [-0.3, -0.25) is 37.3 Å². The zero-order valence-electron chi connectivity index (χ0n) is 52.8. The molecule has 17 nitrogen and oxygen atoms in total. The van der Waals surface area contributed by atoms with Crippen LogP contribution in [0.2, 0.25) is 0 Å². The van der Waals surface area contributed by atoms with Gasteiger partial charge in [0.2, 0.25) is 0 Å². The van der Waals surface area contributed by atoms with E-state index in [0.717, 1.165) is 102 Å². The Hall–Kier alpha value is -1.94. The van der Waals surface area contributed by atoms with E-state index >= 15 is 0 Å². The van der Waals surface area contributed by atoms with Crippen LogP contribution < -0.4 is 0 Å². The third-order valence-electron chi connectivity index (χ3n) is 14.5. The Balaban J connectivity index is 5.17. The fourth-order valence-electron chi connectivity index (χ4n) is 9.35. The molecular weight excluding hydrogens is 1090 g/mol. The molecule has 0 aliphatic heterocycles. The highest BCUT2D eigenvalue weighted by Crippen LogP contribution is 2.45. The molecule has 0 aromatic carbocycles. The molecule has 0 heterocycles. The second kappa shape index (κ2) is 55.6. The first kappa shape index (κ1) is 80.1. The molecule has 0 saturated carbocycles. The Kier molecular flexibility index (Phi) is 54.3. The topological polar surface area (TPSA) is 237 Å². The third kappa shape index (κ3) is 57.2. The zero-order chi connectivity index (χ0) is 60.8. The van der Waals surface area contributed by atoms with Crippen LogP contribution in [0.3, 0.4) is 0 Å². The molecule has 0 aliphatic rings. The monoisotopic (exact) mass is 1210 g/mol. The summed E-state index contributed by atoms with van der Waals surface area (Å²) in [4.78, 5) is 71.9. The molecule has 19 heteroatoms. The summed E-state index contributed by atoms with van der Waals surface area (Å²) < 4.78 is 67.7. The predicted octanol–water partition coefficient (Wildman–Crippen LogP) is 17.3. The summed E-state index contributed by atoms with van der Waals surface area (Å²) >= 11 is 0. The minimum absolute atomic E-state index is 0.101. The summed E-state index contributed by atoms with van der Waals surface area (Å²) in [6.07, 6.45) is 38.1. The van der Waals surface area contributed by atoms with E-state index in [1.165, 1.54) is 122 Å². The van der Waals surface area contributed by atoms with Gasteiger partial charge in [-0.15, -0.1) is 0 Å². The van der Waals surface area contributed by atoms with Crippen molar-refractivity contribution in [2.45, 2.75) is 330 Å². The van der Waals surface area contributed by atoms with Crippen LogP contribution in [0.15, 0.2) is 0 Å². The normalized spacial score (nSPS) is 14.3. The van der Waals surface area contributed by atoms with Crippen LogP contribution in [-0.2, 0) is 65.4 Å².